The molecule has 0 spiro atoms. The molecule has 0 aliphatic rings. The number of hydrazine groups is 1. The number of aryl methyl sites for hydroxylation is 2. The molecule has 2 amide bonds. The van der Waals surface area contributed by atoms with Crippen LogP contribution < -0.4 is 20.3 Å². The lowest BCUT2D eigenvalue weighted by atomic mass is 10.0. The summed E-state index contributed by atoms with van der Waals surface area (Å²) >= 11 is 0. The van der Waals surface area contributed by atoms with Crippen molar-refractivity contribution in [2.75, 3.05) is 6.61 Å². The van der Waals surface area contributed by atoms with Crippen LogP contribution in [0.4, 0.5) is 0 Å². The van der Waals surface area contributed by atoms with Crippen molar-refractivity contribution in [1.29, 1.82) is 0 Å². The first kappa shape index (κ1) is 22.9. The SMILES string of the molecule is CCOc1ccc(OC(C)C(=O)NNC(=O)CCC(=O)c2ccc(C)c(C)c2)cc1. The number of benzene rings is 2. The lowest BCUT2D eigenvalue weighted by Crippen LogP contribution is -2.47. The van der Waals surface area contributed by atoms with Crippen molar-refractivity contribution in [2.45, 2.75) is 46.6 Å². The van der Waals surface area contributed by atoms with E-state index in [2.05, 4.69) is 10.9 Å². The van der Waals surface area contributed by atoms with Crippen LogP contribution in [0.25, 0.3) is 0 Å². The summed E-state index contributed by atoms with van der Waals surface area (Å²) in [5, 5.41) is 0. The van der Waals surface area contributed by atoms with Gasteiger partial charge < -0.3 is 9.47 Å². The van der Waals surface area contributed by atoms with E-state index >= 15 is 0 Å². The van der Waals surface area contributed by atoms with Gasteiger partial charge in [0.1, 0.15) is 11.5 Å². The molecule has 0 aliphatic heterocycles. The second-order valence-electron chi connectivity index (χ2n) is 6.92. The first-order valence-electron chi connectivity index (χ1n) is 9.88. The number of carbonyl (C=O) groups is 3. The van der Waals surface area contributed by atoms with Crippen molar-refractivity contribution < 1.29 is 23.9 Å². The molecule has 0 saturated carbocycles. The molecule has 0 fully saturated rings. The molecule has 1 atom stereocenters. The third kappa shape index (κ3) is 6.92. The smallest absolute Gasteiger partial charge is 0.279 e. The van der Waals surface area contributed by atoms with Crippen LogP contribution in [0.5, 0.6) is 11.5 Å². The summed E-state index contributed by atoms with van der Waals surface area (Å²) in [6.07, 6.45) is -0.789. The van der Waals surface area contributed by atoms with Crippen molar-refractivity contribution in [1.82, 2.24) is 10.9 Å². The summed E-state index contributed by atoms with van der Waals surface area (Å²) in [5.74, 6) is 0.147. The maximum absolute atomic E-state index is 12.2. The highest BCUT2D eigenvalue weighted by Crippen LogP contribution is 2.18. The number of ketones is 1. The molecule has 2 aromatic rings. The van der Waals surface area contributed by atoms with Crippen LogP contribution in [0, 0.1) is 13.8 Å². The van der Waals surface area contributed by atoms with E-state index in [0.717, 1.165) is 11.1 Å². The van der Waals surface area contributed by atoms with Crippen molar-refractivity contribution in [3.63, 3.8) is 0 Å². The molecule has 2 rings (SSSR count). The number of Topliss-reactive ketones (excluding diaryl/α,β-unsaturated/α-hetero) is 1. The maximum Gasteiger partial charge on any atom is 0.279 e. The van der Waals surface area contributed by atoms with Gasteiger partial charge in [0.05, 0.1) is 6.61 Å². The molecule has 0 aromatic heterocycles. The number of amides is 2. The van der Waals surface area contributed by atoms with E-state index < -0.39 is 17.9 Å². The van der Waals surface area contributed by atoms with Gasteiger partial charge in [0, 0.05) is 18.4 Å². The number of ether oxygens (including phenoxy) is 2. The van der Waals surface area contributed by atoms with Crippen molar-refractivity contribution in [3.05, 3.63) is 59.2 Å². The number of rotatable bonds is 9. The quantitative estimate of drug-likeness (QED) is 0.487. The number of hydrogen-bond acceptors (Lipinski definition) is 5. The largest absolute Gasteiger partial charge is 0.494 e. The lowest BCUT2D eigenvalue weighted by molar-refractivity contribution is -0.132. The Balaban J connectivity index is 1.74. The zero-order valence-corrected chi connectivity index (χ0v) is 17.8. The van der Waals surface area contributed by atoms with E-state index in [1.807, 2.05) is 32.9 Å². The van der Waals surface area contributed by atoms with Gasteiger partial charge in [0.2, 0.25) is 5.91 Å². The number of nitrogens with one attached hydrogen (secondary N) is 2. The van der Waals surface area contributed by atoms with Gasteiger partial charge in [-0.05, 0) is 69.2 Å². The van der Waals surface area contributed by atoms with Crippen molar-refractivity contribution >= 4 is 17.6 Å². The van der Waals surface area contributed by atoms with Crippen LogP contribution in [-0.4, -0.2) is 30.3 Å². The minimum atomic E-state index is -0.819. The molecule has 2 aromatic carbocycles. The Morgan fingerprint density at radius 3 is 2.20 bits per heavy atom. The maximum atomic E-state index is 12.2. The molecule has 0 saturated heterocycles. The summed E-state index contributed by atoms with van der Waals surface area (Å²) in [4.78, 5) is 36.3. The highest BCUT2D eigenvalue weighted by molar-refractivity contribution is 5.98. The molecule has 0 heterocycles. The van der Waals surface area contributed by atoms with E-state index in [0.29, 0.717) is 23.7 Å². The summed E-state index contributed by atoms with van der Waals surface area (Å²) in [6.45, 7) is 7.94. The Labute approximate surface area is 176 Å². The molecule has 30 heavy (non-hydrogen) atoms. The normalized spacial score (nSPS) is 11.3. The van der Waals surface area contributed by atoms with Crippen LogP contribution in [0.2, 0.25) is 0 Å². The highest BCUT2D eigenvalue weighted by atomic mass is 16.5. The predicted molar refractivity (Wildman–Crippen MR) is 113 cm³/mol. The van der Waals surface area contributed by atoms with Crippen LogP contribution in [-0.2, 0) is 9.59 Å². The zero-order chi connectivity index (χ0) is 22.1. The first-order valence-corrected chi connectivity index (χ1v) is 9.88. The Morgan fingerprint density at radius 2 is 1.57 bits per heavy atom. The van der Waals surface area contributed by atoms with Crippen LogP contribution in [0.1, 0.15) is 48.2 Å². The minimum Gasteiger partial charge on any atom is -0.494 e. The topological polar surface area (TPSA) is 93.7 Å². The first-order chi connectivity index (χ1) is 14.3. The molecular weight excluding hydrogens is 384 g/mol. The van der Waals surface area contributed by atoms with Gasteiger partial charge in [-0.25, -0.2) is 0 Å². The molecule has 0 aliphatic carbocycles. The molecule has 0 radical (unpaired) electrons. The fourth-order valence-corrected chi connectivity index (χ4v) is 2.62. The van der Waals surface area contributed by atoms with Gasteiger partial charge >= 0.3 is 0 Å². The second-order valence-corrected chi connectivity index (χ2v) is 6.92. The summed E-state index contributed by atoms with van der Waals surface area (Å²) in [7, 11) is 0. The molecule has 7 nitrogen and oxygen atoms in total. The molecule has 7 heteroatoms. The van der Waals surface area contributed by atoms with Crippen molar-refractivity contribution in [2.24, 2.45) is 0 Å². The third-order valence-corrected chi connectivity index (χ3v) is 4.55. The molecular formula is C23H28N2O5. The molecule has 0 bridgehead atoms. The van der Waals surface area contributed by atoms with Crippen LogP contribution in [0.15, 0.2) is 42.5 Å². The highest BCUT2D eigenvalue weighted by Gasteiger charge is 2.16. The summed E-state index contributed by atoms with van der Waals surface area (Å²) < 4.78 is 10.9. The molecule has 160 valence electrons. The number of carbonyl (C=O) groups excluding carboxylic acids is 3. The summed E-state index contributed by atoms with van der Waals surface area (Å²) in [5.41, 5.74) is 7.33. The van der Waals surface area contributed by atoms with Gasteiger partial charge in [0.25, 0.3) is 5.91 Å². The van der Waals surface area contributed by atoms with Gasteiger partial charge in [-0.1, -0.05) is 12.1 Å². The van der Waals surface area contributed by atoms with Gasteiger partial charge in [-0.3, -0.25) is 25.2 Å². The van der Waals surface area contributed by atoms with Crippen LogP contribution in [0.3, 0.4) is 0 Å². The Hall–Kier alpha value is -3.35. The van der Waals surface area contributed by atoms with Gasteiger partial charge in [-0.2, -0.15) is 0 Å². The van der Waals surface area contributed by atoms with Gasteiger partial charge in [-0.15, -0.1) is 0 Å². The Morgan fingerprint density at radius 1 is 0.900 bits per heavy atom. The molecule has 1 unspecified atom stereocenters. The standard InChI is InChI=1S/C23H28N2O5/c1-5-29-19-8-10-20(11-9-19)30-17(4)23(28)25-24-22(27)13-12-21(26)18-7-6-15(2)16(3)14-18/h6-11,14,17H,5,12-13H2,1-4H3,(H,24,27)(H,25,28). The van der Waals surface area contributed by atoms with Crippen LogP contribution >= 0.6 is 0 Å². The third-order valence-electron chi connectivity index (χ3n) is 4.55. The van der Waals surface area contributed by atoms with E-state index in [-0.39, 0.29) is 18.6 Å². The predicted octanol–water partition coefficient (Wildman–Crippen LogP) is 3.28. The minimum absolute atomic E-state index is 0.0276. The van der Waals surface area contributed by atoms with E-state index in [1.54, 1.807) is 37.3 Å². The van der Waals surface area contributed by atoms with Crippen molar-refractivity contribution in [3.8, 4) is 11.5 Å². The Bertz CT molecular complexity index is 893. The van der Waals surface area contributed by atoms with E-state index in [4.69, 9.17) is 9.47 Å². The number of hydrogen-bond donors (Lipinski definition) is 2. The molecule has 2 N–H and O–H groups in total. The second kappa shape index (κ2) is 11.0. The van der Waals surface area contributed by atoms with E-state index in [1.165, 1.54) is 0 Å². The van der Waals surface area contributed by atoms with E-state index in [9.17, 15) is 14.4 Å². The Kier molecular flexibility index (Phi) is 8.41. The zero-order valence-electron chi connectivity index (χ0n) is 17.8. The lowest BCUT2D eigenvalue weighted by Gasteiger charge is -2.15. The fraction of sp³-hybridized carbons (Fsp3) is 0.348. The monoisotopic (exact) mass is 412 g/mol. The van der Waals surface area contributed by atoms with Gasteiger partial charge in [0.15, 0.2) is 11.9 Å². The fourth-order valence-electron chi connectivity index (χ4n) is 2.62. The summed E-state index contributed by atoms with van der Waals surface area (Å²) in [6, 6.07) is 12.4. The average Bonchev–Trinajstić information content (AvgIpc) is 2.73. The average molecular weight is 412 g/mol.